The molecule has 2 saturated heterocycles. The van der Waals surface area contributed by atoms with Gasteiger partial charge in [0.25, 0.3) is 10.1 Å². The molecule has 2 atom stereocenters. The molecule has 1 aromatic rings. The monoisotopic (exact) mass is 327 g/mol. The first-order valence-electron chi connectivity index (χ1n) is 7.79. The van der Waals surface area contributed by atoms with Gasteiger partial charge in [0.15, 0.2) is 0 Å². The quantitative estimate of drug-likeness (QED) is 0.815. The van der Waals surface area contributed by atoms with Gasteiger partial charge in [-0.2, -0.15) is 8.42 Å². The number of rotatable bonds is 2. The van der Waals surface area contributed by atoms with Crippen LogP contribution >= 0.6 is 0 Å². The third-order valence-corrected chi connectivity index (χ3v) is 5.41. The predicted octanol–water partition coefficient (Wildman–Crippen LogP) is 2.24. The minimum absolute atomic E-state index is 0.00435. The van der Waals surface area contributed by atoms with Gasteiger partial charge in [-0.15, -0.1) is 0 Å². The number of aliphatic hydroxyl groups is 1. The van der Waals surface area contributed by atoms with Crippen LogP contribution in [0.5, 0.6) is 0 Å². The summed E-state index contributed by atoms with van der Waals surface area (Å²) in [6.45, 7) is 5.23. The summed E-state index contributed by atoms with van der Waals surface area (Å²) in [5, 5.41) is 9.48. The molecule has 2 aliphatic rings. The topological polar surface area (TPSA) is 77.8 Å². The zero-order chi connectivity index (χ0) is 16.3. The van der Waals surface area contributed by atoms with Crippen molar-refractivity contribution in [1.29, 1.82) is 0 Å². The highest BCUT2D eigenvalue weighted by atomic mass is 32.2. The van der Waals surface area contributed by atoms with Crippen molar-refractivity contribution in [3.63, 3.8) is 0 Å². The van der Waals surface area contributed by atoms with Gasteiger partial charge in [0, 0.05) is 12.1 Å². The fourth-order valence-corrected chi connectivity index (χ4v) is 3.95. The molecule has 2 bridgehead atoms. The second-order valence-electron chi connectivity index (χ2n) is 6.13. The number of fused-ring (bicyclic) bond motifs is 2. The summed E-state index contributed by atoms with van der Waals surface area (Å²) in [5.41, 5.74) is 0.956. The van der Waals surface area contributed by atoms with Gasteiger partial charge in [-0.3, -0.25) is 9.45 Å². The number of hydrogen-bond acceptors (Lipinski definition) is 4. The van der Waals surface area contributed by atoms with Gasteiger partial charge in [-0.05, 0) is 51.3 Å². The van der Waals surface area contributed by atoms with Crippen molar-refractivity contribution >= 4 is 10.1 Å². The maximum absolute atomic E-state index is 10.5. The fraction of sp³-hybridized carbons (Fsp3) is 0.625. The van der Waals surface area contributed by atoms with E-state index in [1.165, 1.54) is 31.5 Å². The van der Waals surface area contributed by atoms with E-state index in [0.717, 1.165) is 18.4 Å². The van der Waals surface area contributed by atoms with E-state index in [1.54, 1.807) is 12.1 Å². The lowest BCUT2D eigenvalue weighted by atomic mass is 10.0. The van der Waals surface area contributed by atoms with E-state index in [2.05, 4.69) is 11.8 Å². The van der Waals surface area contributed by atoms with Crippen LogP contribution in [0.2, 0.25) is 0 Å². The summed E-state index contributed by atoms with van der Waals surface area (Å²) in [5.74, 6) is 0. The van der Waals surface area contributed by atoms with Crippen molar-refractivity contribution in [2.24, 2.45) is 0 Å². The molecular weight excluding hydrogens is 302 g/mol. The van der Waals surface area contributed by atoms with Crippen molar-refractivity contribution in [2.45, 2.75) is 62.6 Å². The molecule has 0 saturated carbocycles. The first kappa shape index (κ1) is 17.4. The zero-order valence-electron chi connectivity index (χ0n) is 13.1. The van der Waals surface area contributed by atoms with Crippen LogP contribution in [-0.2, 0) is 10.1 Å². The average molecular weight is 327 g/mol. The van der Waals surface area contributed by atoms with E-state index < -0.39 is 10.1 Å². The summed E-state index contributed by atoms with van der Waals surface area (Å²) in [4.78, 5) is 2.50. The van der Waals surface area contributed by atoms with Crippen molar-refractivity contribution in [1.82, 2.24) is 4.90 Å². The highest BCUT2D eigenvalue weighted by molar-refractivity contribution is 7.85. The molecule has 2 N–H and O–H groups in total. The Morgan fingerprint density at radius 2 is 1.64 bits per heavy atom. The molecular formula is C16H25NO4S. The average Bonchev–Trinajstić information content (AvgIpc) is 2.70. The minimum atomic E-state index is -4.02. The Balaban J connectivity index is 0.000000160. The van der Waals surface area contributed by atoms with Crippen LogP contribution in [-0.4, -0.2) is 47.7 Å². The normalized spacial score (nSPS) is 28.1. The largest absolute Gasteiger partial charge is 0.393 e. The van der Waals surface area contributed by atoms with E-state index in [4.69, 9.17) is 4.55 Å². The van der Waals surface area contributed by atoms with E-state index in [9.17, 15) is 13.5 Å². The molecule has 0 radical (unpaired) electrons. The number of aryl methyl sites for hydroxylation is 1. The van der Waals surface area contributed by atoms with Gasteiger partial charge in [0.1, 0.15) is 0 Å². The molecule has 5 nitrogen and oxygen atoms in total. The van der Waals surface area contributed by atoms with Crippen LogP contribution in [0.3, 0.4) is 0 Å². The summed E-state index contributed by atoms with van der Waals surface area (Å²) in [6.07, 6.45) is 4.66. The molecule has 0 spiro atoms. The third kappa shape index (κ3) is 4.29. The second-order valence-corrected chi connectivity index (χ2v) is 7.55. The molecule has 2 aliphatic heterocycles. The molecule has 1 aromatic carbocycles. The van der Waals surface area contributed by atoms with Crippen LogP contribution in [0.25, 0.3) is 0 Å². The summed E-state index contributed by atoms with van der Waals surface area (Å²) >= 11 is 0. The van der Waals surface area contributed by atoms with Gasteiger partial charge >= 0.3 is 0 Å². The smallest absolute Gasteiger partial charge is 0.294 e. The molecule has 3 rings (SSSR count). The minimum Gasteiger partial charge on any atom is -0.393 e. The number of nitrogens with zero attached hydrogens (tertiary/aromatic N) is 1. The van der Waals surface area contributed by atoms with Gasteiger partial charge < -0.3 is 5.11 Å². The van der Waals surface area contributed by atoms with E-state index in [0.29, 0.717) is 12.1 Å². The first-order chi connectivity index (χ1) is 10.3. The molecule has 6 heteroatoms. The van der Waals surface area contributed by atoms with Crippen molar-refractivity contribution < 1.29 is 18.1 Å². The maximum atomic E-state index is 10.5. The standard InChI is InChI=1S/C9H17NO.C7H8O3S/c1-2-10-7-3-4-8(10)6-9(11)5-7;1-6-2-4-7(5-3-6)11(8,9)10/h7-9,11H,2-6H2,1H3;2-5H,1H3,(H,8,9,10). The van der Waals surface area contributed by atoms with Crippen LogP contribution < -0.4 is 0 Å². The molecule has 0 amide bonds. The maximum Gasteiger partial charge on any atom is 0.294 e. The van der Waals surface area contributed by atoms with Gasteiger partial charge in [0.2, 0.25) is 0 Å². The SMILES string of the molecule is CCN1C2CCC1CC(O)C2.Cc1ccc(S(=O)(=O)O)cc1. The number of benzene rings is 1. The van der Waals surface area contributed by atoms with Crippen LogP contribution in [0.4, 0.5) is 0 Å². The fourth-order valence-electron chi connectivity index (χ4n) is 3.47. The molecule has 0 aromatic heterocycles. The van der Waals surface area contributed by atoms with Gasteiger partial charge in [0.05, 0.1) is 11.0 Å². The van der Waals surface area contributed by atoms with E-state index in [1.807, 2.05) is 6.92 Å². The lowest BCUT2D eigenvalue weighted by molar-refractivity contribution is 0.0387. The highest BCUT2D eigenvalue weighted by Gasteiger charge is 2.38. The Hall–Kier alpha value is -0.950. The van der Waals surface area contributed by atoms with Crippen LogP contribution in [0.1, 0.15) is 38.2 Å². The molecule has 22 heavy (non-hydrogen) atoms. The molecule has 2 unspecified atom stereocenters. The number of piperidine rings is 1. The lowest BCUT2D eigenvalue weighted by Crippen LogP contribution is -2.44. The molecule has 0 aliphatic carbocycles. The van der Waals surface area contributed by atoms with Gasteiger partial charge in [-0.25, -0.2) is 0 Å². The number of hydrogen-bond donors (Lipinski definition) is 2. The van der Waals surface area contributed by atoms with Crippen molar-refractivity contribution in [3.8, 4) is 0 Å². The Labute approximate surface area is 132 Å². The Bertz CT molecular complexity index is 571. The van der Waals surface area contributed by atoms with Crippen molar-refractivity contribution in [2.75, 3.05) is 6.54 Å². The lowest BCUT2D eigenvalue weighted by Gasteiger charge is -2.36. The molecule has 124 valence electrons. The van der Waals surface area contributed by atoms with Crippen LogP contribution in [0.15, 0.2) is 29.2 Å². The first-order valence-corrected chi connectivity index (χ1v) is 9.23. The zero-order valence-corrected chi connectivity index (χ0v) is 14.0. The number of aliphatic hydroxyl groups excluding tert-OH is 1. The highest BCUT2D eigenvalue weighted by Crippen LogP contribution is 2.34. The van der Waals surface area contributed by atoms with E-state index >= 15 is 0 Å². The predicted molar refractivity (Wildman–Crippen MR) is 85.4 cm³/mol. The second kappa shape index (κ2) is 7.08. The Kier molecular flexibility index (Phi) is 5.60. The molecule has 2 heterocycles. The van der Waals surface area contributed by atoms with Crippen molar-refractivity contribution in [3.05, 3.63) is 29.8 Å². The Morgan fingerprint density at radius 3 is 2.05 bits per heavy atom. The van der Waals surface area contributed by atoms with E-state index in [-0.39, 0.29) is 11.0 Å². The summed E-state index contributed by atoms with van der Waals surface area (Å²) in [7, 11) is -4.02. The Morgan fingerprint density at radius 1 is 1.14 bits per heavy atom. The molecule has 2 fully saturated rings. The van der Waals surface area contributed by atoms with Gasteiger partial charge in [-0.1, -0.05) is 24.6 Å². The third-order valence-electron chi connectivity index (χ3n) is 4.54. The summed E-state index contributed by atoms with van der Waals surface area (Å²) < 4.78 is 29.6. The van der Waals surface area contributed by atoms with Crippen LogP contribution in [0, 0.1) is 6.92 Å². The summed E-state index contributed by atoms with van der Waals surface area (Å²) in [6, 6.07) is 7.39.